The summed E-state index contributed by atoms with van der Waals surface area (Å²) in [4.78, 5) is 32.2. The van der Waals surface area contributed by atoms with Gasteiger partial charge in [0, 0.05) is 56.6 Å². The minimum absolute atomic E-state index is 0.000309. The van der Waals surface area contributed by atoms with E-state index in [1.807, 2.05) is 29.2 Å². The molecule has 2 amide bonds. The average Bonchev–Trinajstić information content (AvgIpc) is 2.96. The molecule has 0 bridgehead atoms. The summed E-state index contributed by atoms with van der Waals surface area (Å²) in [5, 5.41) is 0. The van der Waals surface area contributed by atoms with Gasteiger partial charge in [0.1, 0.15) is 11.5 Å². The van der Waals surface area contributed by atoms with Gasteiger partial charge in [0.15, 0.2) is 0 Å². The zero-order valence-corrected chi connectivity index (χ0v) is 20.8. The number of amides is 2. The molecule has 7 nitrogen and oxygen atoms in total. The number of carbonyl (C=O) groups excluding carboxylic acids is 2. The van der Waals surface area contributed by atoms with Crippen LogP contribution in [-0.2, 0) is 13.0 Å². The first-order chi connectivity index (χ1) is 17.6. The standard InChI is InChI=1S/C29H31N3O4/c1-35-25-11-12-26(27(19-25)36-2)29(34)31-17-15-30(16-18-31)28(33)22-7-9-24(10-8-22)32-14-13-21-5-3-4-6-23(21)20-32/h3-12,19H,13-18,20H2,1-2H3. The fraction of sp³-hybridized carbons (Fsp3) is 0.310. The fourth-order valence-corrected chi connectivity index (χ4v) is 4.97. The lowest BCUT2D eigenvalue weighted by atomic mass is 9.99. The number of anilines is 1. The molecule has 2 aliphatic rings. The number of hydrogen-bond donors (Lipinski definition) is 0. The van der Waals surface area contributed by atoms with Crippen LogP contribution in [0.1, 0.15) is 31.8 Å². The van der Waals surface area contributed by atoms with Crippen LogP contribution in [0, 0.1) is 0 Å². The topological polar surface area (TPSA) is 62.3 Å². The second-order valence-corrected chi connectivity index (χ2v) is 9.14. The van der Waals surface area contributed by atoms with Crippen molar-refractivity contribution >= 4 is 17.5 Å². The Bertz CT molecular complexity index is 1250. The third-order valence-electron chi connectivity index (χ3n) is 7.10. The normalized spacial score (nSPS) is 15.3. The maximum atomic E-state index is 13.1. The molecule has 0 spiro atoms. The van der Waals surface area contributed by atoms with Crippen molar-refractivity contribution in [2.24, 2.45) is 0 Å². The van der Waals surface area contributed by atoms with Gasteiger partial charge in [-0.25, -0.2) is 0 Å². The summed E-state index contributed by atoms with van der Waals surface area (Å²) in [6, 6.07) is 21.7. The Hall–Kier alpha value is -4.00. The lowest BCUT2D eigenvalue weighted by molar-refractivity contribution is 0.0533. The highest BCUT2D eigenvalue weighted by Gasteiger charge is 2.27. The highest BCUT2D eigenvalue weighted by atomic mass is 16.5. The number of methoxy groups -OCH3 is 2. The molecule has 0 unspecified atom stereocenters. The van der Waals surface area contributed by atoms with Crippen LogP contribution in [0.15, 0.2) is 66.7 Å². The zero-order chi connectivity index (χ0) is 25.1. The summed E-state index contributed by atoms with van der Waals surface area (Å²) in [6.45, 7) is 3.80. The molecule has 5 rings (SSSR count). The van der Waals surface area contributed by atoms with Crippen LogP contribution in [0.25, 0.3) is 0 Å². The van der Waals surface area contributed by atoms with E-state index in [-0.39, 0.29) is 11.8 Å². The molecule has 7 heteroatoms. The van der Waals surface area contributed by atoms with Crippen LogP contribution in [0.4, 0.5) is 5.69 Å². The molecule has 2 aliphatic heterocycles. The van der Waals surface area contributed by atoms with Gasteiger partial charge in [-0.3, -0.25) is 9.59 Å². The molecule has 36 heavy (non-hydrogen) atoms. The maximum Gasteiger partial charge on any atom is 0.257 e. The fourth-order valence-electron chi connectivity index (χ4n) is 4.97. The second kappa shape index (κ2) is 10.3. The summed E-state index contributed by atoms with van der Waals surface area (Å²) in [7, 11) is 3.12. The van der Waals surface area contributed by atoms with Gasteiger partial charge in [0.25, 0.3) is 11.8 Å². The van der Waals surface area contributed by atoms with Gasteiger partial charge in [-0.15, -0.1) is 0 Å². The molecule has 1 fully saturated rings. The monoisotopic (exact) mass is 485 g/mol. The highest BCUT2D eigenvalue weighted by molar-refractivity contribution is 5.98. The third kappa shape index (κ3) is 4.73. The number of benzene rings is 3. The summed E-state index contributed by atoms with van der Waals surface area (Å²) >= 11 is 0. The van der Waals surface area contributed by atoms with Crippen molar-refractivity contribution in [3.05, 3.63) is 89.0 Å². The largest absolute Gasteiger partial charge is 0.497 e. The molecule has 0 radical (unpaired) electrons. The van der Waals surface area contributed by atoms with Crippen LogP contribution in [0.5, 0.6) is 11.5 Å². The van der Waals surface area contributed by atoms with Crippen molar-refractivity contribution in [3.63, 3.8) is 0 Å². The van der Waals surface area contributed by atoms with E-state index in [9.17, 15) is 9.59 Å². The number of nitrogens with zero attached hydrogens (tertiary/aromatic N) is 3. The van der Waals surface area contributed by atoms with Crippen molar-refractivity contribution in [2.45, 2.75) is 13.0 Å². The Labute approximate surface area is 211 Å². The minimum atomic E-state index is -0.103. The number of rotatable bonds is 5. The molecule has 0 aromatic heterocycles. The molecule has 2 heterocycles. The lowest BCUT2D eigenvalue weighted by Gasteiger charge is -2.35. The van der Waals surface area contributed by atoms with Gasteiger partial charge >= 0.3 is 0 Å². The average molecular weight is 486 g/mol. The van der Waals surface area contributed by atoms with E-state index < -0.39 is 0 Å². The summed E-state index contributed by atoms with van der Waals surface area (Å²) in [5.74, 6) is 1.01. The van der Waals surface area contributed by atoms with Crippen molar-refractivity contribution in [3.8, 4) is 11.5 Å². The van der Waals surface area contributed by atoms with Crippen molar-refractivity contribution in [1.82, 2.24) is 9.80 Å². The summed E-state index contributed by atoms with van der Waals surface area (Å²) < 4.78 is 10.6. The summed E-state index contributed by atoms with van der Waals surface area (Å²) in [5.41, 5.74) is 5.08. The molecule has 1 saturated heterocycles. The first-order valence-corrected chi connectivity index (χ1v) is 12.3. The maximum absolute atomic E-state index is 13.1. The Kier molecular flexibility index (Phi) is 6.80. The molecule has 0 atom stereocenters. The number of piperazine rings is 1. The zero-order valence-electron chi connectivity index (χ0n) is 20.8. The van der Waals surface area contributed by atoms with Gasteiger partial charge < -0.3 is 24.2 Å². The molecule has 186 valence electrons. The smallest absolute Gasteiger partial charge is 0.257 e. The second-order valence-electron chi connectivity index (χ2n) is 9.14. The number of ether oxygens (including phenoxy) is 2. The minimum Gasteiger partial charge on any atom is -0.497 e. The molecule has 0 aliphatic carbocycles. The van der Waals surface area contributed by atoms with E-state index in [0.717, 1.165) is 25.2 Å². The predicted molar refractivity (Wildman–Crippen MR) is 139 cm³/mol. The quantitative estimate of drug-likeness (QED) is 0.549. The van der Waals surface area contributed by atoms with Crippen molar-refractivity contribution in [2.75, 3.05) is 51.8 Å². The molecule has 0 N–H and O–H groups in total. The Balaban J connectivity index is 1.19. The van der Waals surface area contributed by atoms with Crippen LogP contribution < -0.4 is 14.4 Å². The van der Waals surface area contributed by atoms with Crippen LogP contribution in [0.2, 0.25) is 0 Å². The van der Waals surface area contributed by atoms with Crippen molar-refractivity contribution < 1.29 is 19.1 Å². The molecule has 3 aromatic rings. The van der Waals surface area contributed by atoms with E-state index in [1.165, 1.54) is 18.2 Å². The van der Waals surface area contributed by atoms with E-state index in [4.69, 9.17) is 9.47 Å². The lowest BCUT2D eigenvalue weighted by Crippen LogP contribution is -2.50. The van der Waals surface area contributed by atoms with Gasteiger partial charge in [0.2, 0.25) is 0 Å². The highest BCUT2D eigenvalue weighted by Crippen LogP contribution is 2.27. The summed E-state index contributed by atoms with van der Waals surface area (Å²) in [6.07, 6.45) is 1.03. The van der Waals surface area contributed by atoms with Crippen LogP contribution >= 0.6 is 0 Å². The Morgan fingerprint density at radius 1 is 0.722 bits per heavy atom. The Morgan fingerprint density at radius 2 is 1.39 bits per heavy atom. The molecule has 3 aromatic carbocycles. The van der Waals surface area contributed by atoms with Crippen LogP contribution in [-0.4, -0.2) is 68.6 Å². The van der Waals surface area contributed by atoms with E-state index in [1.54, 1.807) is 30.2 Å². The number of fused-ring (bicyclic) bond motifs is 1. The van der Waals surface area contributed by atoms with E-state index in [0.29, 0.717) is 48.8 Å². The first-order valence-electron chi connectivity index (χ1n) is 12.3. The van der Waals surface area contributed by atoms with E-state index >= 15 is 0 Å². The van der Waals surface area contributed by atoms with E-state index in [2.05, 4.69) is 29.2 Å². The molecule has 0 saturated carbocycles. The van der Waals surface area contributed by atoms with Gasteiger partial charge in [-0.05, 0) is 53.9 Å². The SMILES string of the molecule is COc1ccc(C(=O)N2CCN(C(=O)c3ccc(N4CCc5ccccc5C4)cc3)CC2)c(OC)c1. The van der Waals surface area contributed by atoms with Crippen LogP contribution in [0.3, 0.4) is 0 Å². The predicted octanol–water partition coefficient (Wildman–Crippen LogP) is 3.86. The Morgan fingerprint density at radius 3 is 2.06 bits per heavy atom. The molecular weight excluding hydrogens is 454 g/mol. The number of hydrogen-bond acceptors (Lipinski definition) is 5. The third-order valence-corrected chi connectivity index (χ3v) is 7.10. The van der Waals surface area contributed by atoms with Gasteiger partial charge in [-0.1, -0.05) is 24.3 Å². The first kappa shape index (κ1) is 23.7. The van der Waals surface area contributed by atoms with Gasteiger partial charge in [-0.2, -0.15) is 0 Å². The van der Waals surface area contributed by atoms with Crippen molar-refractivity contribution in [1.29, 1.82) is 0 Å². The van der Waals surface area contributed by atoms with Gasteiger partial charge in [0.05, 0.1) is 19.8 Å². The molecular formula is C29H31N3O4. The number of carbonyl (C=O) groups is 2.